The second-order valence-corrected chi connectivity index (χ2v) is 33.9. The van der Waals surface area contributed by atoms with Crippen LogP contribution in [0.3, 0.4) is 0 Å². The van der Waals surface area contributed by atoms with Crippen LogP contribution in [0.2, 0.25) is 0 Å². The van der Waals surface area contributed by atoms with Crippen molar-refractivity contribution in [3.63, 3.8) is 0 Å². The van der Waals surface area contributed by atoms with Gasteiger partial charge in [0.15, 0.2) is 11.5 Å². The Morgan fingerprint density at radius 1 is 0.322 bits per heavy atom. The minimum absolute atomic E-state index is 0.000118. The summed E-state index contributed by atoms with van der Waals surface area (Å²) in [5.74, 6) is 5.98. The molecule has 6 atom stereocenters. The lowest BCUT2D eigenvalue weighted by Gasteiger charge is -2.18. The molecule has 7 aromatic rings. The number of rotatable bonds is 52. The molecule has 6 amide bonds. The molecule has 0 radical (unpaired) electrons. The molecule has 7 aromatic carbocycles. The number of carbonyl (C=O) groups is 6. The maximum absolute atomic E-state index is 13.3. The van der Waals surface area contributed by atoms with E-state index in [0.717, 1.165) is 67.8 Å². The van der Waals surface area contributed by atoms with Crippen LogP contribution in [0, 0.1) is 71.3 Å². The van der Waals surface area contributed by atoms with Gasteiger partial charge in [-0.15, -0.1) is 0 Å². The van der Waals surface area contributed by atoms with E-state index in [0.29, 0.717) is 121 Å². The standard InChI is InChI=1S/C97H133N7O17/c1-66(2)19-13-21-68(5)23-15-25-70(7)27-17-29-72(9)51-53-114-90-57-82(89(104(112)113)58-91(90)115-54-52-73(10)30-18-28-71(8)26-16-24-69(6)22-14-20-67(3)4)65-121-95(109)101-86-47-37-79(38-48-86)62-118-97(111)103-88-50-40-81(56-75(88)12)64-120-94(108)100-85-43-33-77(34-44-85)60-116-92(106)99-84-45-35-78(36-46-84)61-117-96(110)102-87-49-39-80(55-74(87)11)63-119-93(107)98-83-41-31-76(59-105)32-42-83/h31-50,55-58,66-73,105H,13-30,51-54,59-65H2,1-12H3,(H,98,107)(H,99,106)(H,100,108)(H,101,109)(H,102,110)(H,103,111)/t68-,69-,70-,71-,72?,73?/m1/s1. The minimum atomic E-state index is -0.830. The Morgan fingerprint density at radius 2 is 0.579 bits per heavy atom. The number of nitro benzene ring substituents is 1. The van der Waals surface area contributed by atoms with Crippen molar-refractivity contribution in [3.05, 3.63) is 206 Å². The summed E-state index contributed by atoms with van der Waals surface area (Å²) in [7, 11) is 0. The van der Waals surface area contributed by atoms with Crippen LogP contribution in [0.25, 0.3) is 0 Å². The monoisotopic (exact) mass is 1670 g/mol. The Kier molecular flexibility index (Phi) is 42.6. The number of aliphatic hydroxyl groups excluding tert-OH is 1. The van der Waals surface area contributed by atoms with Gasteiger partial charge in [0, 0.05) is 34.1 Å². The van der Waals surface area contributed by atoms with Gasteiger partial charge in [0.1, 0.15) is 39.6 Å². The SMILES string of the molecule is Cc1cc(COC(=O)Nc2ccc(CO)cc2)ccc1NC(=O)OCc1ccc(NC(=O)OCc2ccc(NC(=O)OCc3ccc(NC(=O)OCc4ccc(NC(=O)OCc5cc(OCCC(C)CCC[C@H](C)CCC[C@H](C)CCCC(C)C)c(OCCC(C)CCC[C@H](C)CCC[C@H](C)CCCC(C)C)cc5[N+](=O)[O-])cc4)c(C)c3)cc2)cc1. The van der Waals surface area contributed by atoms with Gasteiger partial charge in [-0.3, -0.25) is 42.0 Å². The van der Waals surface area contributed by atoms with Gasteiger partial charge in [0.2, 0.25) is 0 Å². The largest absolute Gasteiger partial charge is 0.490 e. The highest BCUT2D eigenvalue weighted by molar-refractivity contribution is 5.88. The van der Waals surface area contributed by atoms with Crippen LogP contribution >= 0.6 is 0 Å². The number of hydrogen-bond donors (Lipinski definition) is 7. The first-order valence-electron chi connectivity index (χ1n) is 43.5. The lowest BCUT2D eigenvalue weighted by atomic mass is 9.91. The third kappa shape index (κ3) is 39.0. The summed E-state index contributed by atoms with van der Waals surface area (Å²) >= 11 is 0. The highest BCUT2D eigenvalue weighted by Gasteiger charge is 2.24. The Labute approximate surface area is 716 Å². The zero-order valence-electron chi connectivity index (χ0n) is 73.4. The number of ether oxygens (including phenoxy) is 8. The van der Waals surface area contributed by atoms with Gasteiger partial charge in [0.05, 0.1) is 36.4 Å². The second kappa shape index (κ2) is 53.0. The number of hydrogen-bond acceptors (Lipinski definition) is 17. The fraction of sp³-hybridized carbons (Fsp3) is 0.505. The van der Waals surface area contributed by atoms with E-state index in [1.807, 2.05) is 0 Å². The third-order valence-electron chi connectivity index (χ3n) is 21.9. The van der Waals surface area contributed by atoms with Crippen LogP contribution in [0.4, 0.5) is 68.6 Å². The molecule has 0 aromatic heterocycles. The van der Waals surface area contributed by atoms with Gasteiger partial charge in [-0.25, -0.2) is 28.8 Å². The van der Waals surface area contributed by atoms with Crippen molar-refractivity contribution >= 4 is 76.4 Å². The number of aliphatic hydroxyl groups is 1. The molecule has 0 saturated carbocycles. The summed E-state index contributed by atoms with van der Waals surface area (Å²) in [6.45, 7) is 26.8. The lowest BCUT2D eigenvalue weighted by Crippen LogP contribution is -2.15. The molecule has 0 heterocycles. The first-order chi connectivity index (χ1) is 58.1. The van der Waals surface area contributed by atoms with Crippen LogP contribution in [-0.4, -0.2) is 59.8 Å². The van der Waals surface area contributed by atoms with E-state index in [4.69, 9.17) is 37.9 Å². The van der Waals surface area contributed by atoms with Gasteiger partial charge in [-0.05, 0) is 185 Å². The molecular formula is C97H133N7O17. The van der Waals surface area contributed by atoms with E-state index in [2.05, 4.69) is 101 Å². The van der Waals surface area contributed by atoms with Crippen LogP contribution in [-0.2, 0) is 74.7 Å². The maximum atomic E-state index is 13.3. The summed E-state index contributed by atoms with van der Waals surface area (Å²) in [5.41, 5.74) is 8.14. The van der Waals surface area contributed by atoms with Crippen molar-refractivity contribution < 1.29 is 76.7 Å². The number of anilines is 6. The molecule has 24 heteroatoms. The Balaban J connectivity index is 0.784. The number of carbonyl (C=O) groups excluding carboxylic acids is 6. The summed E-state index contributed by atoms with van der Waals surface area (Å²) in [6.07, 6.45) is 19.8. The van der Waals surface area contributed by atoms with Crippen molar-refractivity contribution in [1.29, 1.82) is 0 Å². The predicted molar refractivity (Wildman–Crippen MR) is 478 cm³/mol. The number of aryl methyl sites for hydroxylation is 2. The van der Waals surface area contributed by atoms with Crippen molar-refractivity contribution in [2.24, 2.45) is 47.3 Å². The number of amides is 6. The first kappa shape index (κ1) is 97.2. The predicted octanol–water partition coefficient (Wildman–Crippen LogP) is 25.9. The Hall–Kier alpha value is -10.9. The number of nitrogens with one attached hydrogen (secondary N) is 6. The van der Waals surface area contributed by atoms with E-state index in [1.165, 1.54) is 96.0 Å². The Morgan fingerprint density at radius 3 is 0.868 bits per heavy atom. The zero-order valence-corrected chi connectivity index (χ0v) is 73.4. The average Bonchev–Trinajstić information content (AvgIpc) is 0.814. The molecule has 24 nitrogen and oxygen atoms in total. The molecule has 0 bridgehead atoms. The molecule has 7 rings (SSSR count). The van der Waals surface area contributed by atoms with Gasteiger partial charge in [-0.2, -0.15) is 0 Å². The highest BCUT2D eigenvalue weighted by atomic mass is 16.6. The van der Waals surface area contributed by atoms with Crippen molar-refractivity contribution in [2.75, 3.05) is 45.1 Å². The summed E-state index contributed by atoms with van der Waals surface area (Å²) in [5, 5.41) is 38.0. The van der Waals surface area contributed by atoms with Crippen molar-refractivity contribution in [3.8, 4) is 11.5 Å². The number of nitrogens with zero attached hydrogens (tertiary/aromatic N) is 1. The third-order valence-corrected chi connectivity index (χ3v) is 21.9. The van der Waals surface area contributed by atoms with Crippen molar-refractivity contribution in [2.45, 2.75) is 258 Å². The summed E-state index contributed by atoms with van der Waals surface area (Å²) in [6, 6.07) is 39.9. The minimum Gasteiger partial charge on any atom is -0.490 e. The molecule has 0 aliphatic carbocycles. The molecule has 0 aliphatic heterocycles. The van der Waals surface area contributed by atoms with E-state index >= 15 is 0 Å². The normalized spacial score (nSPS) is 12.7. The van der Waals surface area contributed by atoms with Crippen LogP contribution in [0.15, 0.2) is 146 Å². The highest BCUT2D eigenvalue weighted by Crippen LogP contribution is 2.37. The lowest BCUT2D eigenvalue weighted by molar-refractivity contribution is -0.385. The Bertz CT molecular complexity index is 4310. The van der Waals surface area contributed by atoms with Gasteiger partial charge >= 0.3 is 36.6 Å². The summed E-state index contributed by atoms with van der Waals surface area (Å²) < 4.78 is 45.5. The molecule has 121 heavy (non-hydrogen) atoms. The van der Waals surface area contributed by atoms with Crippen molar-refractivity contribution in [1.82, 2.24) is 0 Å². The molecule has 0 saturated heterocycles. The molecular weight excluding hydrogens is 1540 g/mol. The van der Waals surface area contributed by atoms with Gasteiger partial charge in [-0.1, -0.05) is 258 Å². The molecule has 658 valence electrons. The first-order valence-corrected chi connectivity index (χ1v) is 43.5. The maximum Gasteiger partial charge on any atom is 0.411 e. The van der Waals surface area contributed by atoms with Crippen LogP contribution in [0.5, 0.6) is 11.5 Å². The zero-order chi connectivity index (χ0) is 87.4. The van der Waals surface area contributed by atoms with Crippen LogP contribution in [0.1, 0.15) is 248 Å². The molecule has 0 aliphatic rings. The van der Waals surface area contributed by atoms with Gasteiger partial charge < -0.3 is 43.0 Å². The number of benzene rings is 7. The van der Waals surface area contributed by atoms with E-state index in [9.17, 15) is 44.0 Å². The smallest absolute Gasteiger partial charge is 0.411 e. The molecule has 7 N–H and O–H groups in total. The molecule has 0 fully saturated rings. The fourth-order valence-corrected chi connectivity index (χ4v) is 14.2. The molecule has 2 unspecified atom stereocenters. The number of nitro groups is 1. The van der Waals surface area contributed by atoms with Crippen LogP contribution < -0.4 is 41.4 Å². The quantitative estimate of drug-likeness (QED) is 0.0106. The van der Waals surface area contributed by atoms with Gasteiger partial charge in [0.25, 0.3) is 5.69 Å². The average molecular weight is 1670 g/mol. The van der Waals surface area contributed by atoms with E-state index in [-0.39, 0.29) is 50.9 Å². The van der Waals surface area contributed by atoms with E-state index < -0.39 is 48.1 Å². The topological polar surface area (TPSA) is 312 Å². The summed E-state index contributed by atoms with van der Waals surface area (Å²) in [4.78, 5) is 89.0. The molecule has 0 spiro atoms. The fourth-order valence-electron chi connectivity index (χ4n) is 14.2. The second-order valence-electron chi connectivity index (χ2n) is 33.9. The van der Waals surface area contributed by atoms with E-state index in [1.54, 1.807) is 153 Å².